The van der Waals surface area contributed by atoms with Crippen molar-refractivity contribution in [3.8, 4) is 0 Å². The van der Waals surface area contributed by atoms with Gasteiger partial charge in [-0.05, 0) is 70.6 Å². The van der Waals surface area contributed by atoms with Crippen LogP contribution in [0.3, 0.4) is 0 Å². The van der Waals surface area contributed by atoms with Crippen LogP contribution in [0.15, 0.2) is 36.5 Å². The molecule has 0 aromatic carbocycles. The molecule has 6 nitrogen and oxygen atoms in total. The fraction of sp³-hybridized carbons (Fsp3) is 0.827. The topological polar surface area (TPSA) is 78.9 Å². The van der Waals surface area contributed by atoms with E-state index >= 15 is 0 Å². The van der Waals surface area contributed by atoms with Crippen molar-refractivity contribution < 1.29 is 28.6 Å². The van der Waals surface area contributed by atoms with Crippen LogP contribution in [0, 0.1) is 0 Å². The summed E-state index contributed by atoms with van der Waals surface area (Å²) in [6.07, 6.45) is 54.1. The predicted octanol–water partition coefficient (Wildman–Crippen LogP) is 16.1. The molecule has 0 bridgehead atoms. The molecule has 0 radical (unpaired) electrons. The van der Waals surface area contributed by atoms with E-state index in [4.69, 9.17) is 14.2 Å². The minimum Gasteiger partial charge on any atom is -0.462 e. The van der Waals surface area contributed by atoms with E-state index in [2.05, 4.69) is 57.2 Å². The highest BCUT2D eigenvalue weighted by Crippen LogP contribution is 2.15. The van der Waals surface area contributed by atoms with Crippen LogP contribution in [0.4, 0.5) is 0 Å². The zero-order chi connectivity index (χ0) is 42.3. The van der Waals surface area contributed by atoms with E-state index in [-0.39, 0.29) is 31.1 Å². The summed E-state index contributed by atoms with van der Waals surface area (Å²) in [4.78, 5) is 37.8. The summed E-state index contributed by atoms with van der Waals surface area (Å²) >= 11 is 0. The number of hydrogen-bond donors (Lipinski definition) is 0. The van der Waals surface area contributed by atoms with Gasteiger partial charge in [0, 0.05) is 19.3 Å². The minimum absolute atomic E-state index is 0.0766. The highest BCUT2D eigenvalue weighted by Gasteiger charge is 2.19. The first kappa shape index (κ1) is 55.6. The molecule has 0 aliphatic heterocycles. The van der Waals surface area contributed by atoms with E-state index in [1.807, 2.05) is 0 Å². The number of rotatable bonds is 45. The number of unbranched alkanes of at least 4 members (excludes halogenated alkanes) is 28. The average molecular weight is 815 g/mol. The summed E-state index contributed by atoms with van der Waals surface area (Å²) in [5, 5.41) is 0. The Hall–Kier alpha value is -2.37. The lowest BCUT2D eigenvalue weighted by Gasteiger charge is -2.18. The highest BCUT2D eigenvalue weighted by molar-refractivity contribution is 5.71. The van der Waals surface area contributed by atoms with Gasteiger partial charge in [0.2, 0.25) is 0 Å². The zero-order valence-electron chi connectivity index (χ0n) is 38.6. The number of esters is 3. The maximum atomic E-state index is 12.7. The quantitative estimate of drug-likeness (QED) is 0.0264. The average Bonchev–Trinajstić information content (AvgIpc) is 3.22. The van der Waals surface area contributed by atoms with Crippen LogP contribution < -0.4 is 0 Å². The van der Waals surface area contributed by atoms with Crippen LogP contribution in [0.5, 0.6) is 0 Å². The Balaban J connectivity index is 4.32. The molecule has 0 aliphatic rings. The SMILES string of the molecule is CCC/C=C\CCCCCCCC(=O)OCC(COC(=O)CCCCCCCCC/C=C\C/C=C\CCCCCC)OC(=O)CCCCCCCCCCCCCC. The number of hydrogen-bond acceptors (Lipinski definition) is 6. The number of ether oxygens (including phenoxy) is 3. The van der Waals surface area contributed by atoms with Crippen molar-refractivity contribution in [3.05, 3.63) is 36.5 Å². The molecular formula is C52H94O6. The monoisotopic (exact) mass is 815 g/mol. The lowest BCUT2D eigenvalue weighted by Crippen LogP contribution is -2.30. The molecule has 6 heteroatoms. The third kappa shape index (κ3) is 44.7. The largest absolute Gasteiger partial charge is 0.462 e. The van der Waals surface area contributed by atoms with Crippen LogP contribution in [-0.4, -0.2) is 37.2 Å². The molecule has 0 aromatic heterocycles. The maximum absolute atomic E-state index is 12.7. The molecule has 0 rings (SSSR count). The van der Waals surface area contributed by atoms with Crippen LogP contribution in [0.2, 0.25) is 0 Å². The van der Waals surface area contributed by atoms with Crippen molar-refractivity contribution >= 4 is 17.9 Å². The van der Waals surface area contributed by atoms with Crippen LogP contribution >= 0.6 is 0 Å². The van der Waals surface area contributed by atoms with Gasteiger partial charge in [-0.3, -0.25) is 14.4 Å². The summed E-state index contributed by atoms with van der Waals surface area (Å²) < 4.78 is 16.7. The molecule has 338 valence electrons. The molecule has 1 atom stereocenters. The van der Waals surface area contributed by atoms with Gasteiger partial charge in [-0.25, -0.2) is 0 Å². The first-order valence-corrected chi connectivity index (χ1v) is 25.0. The lowest BCUT2D eigenvalue weighted by atomic mass is 10.0. The van der Waals surface area contributed by atoms with Gasteiger partial charge < -0.3 is 14.2 Å². The van der Waals surface area contributed by atoms with Crippen LogP contribution in [-0.2, 0) is 28.6 Å². The van der Waals surface area contributed by atoms with E-state index in [1.165, 1.54) is 135 Å². The van der Waals surface area contributed by atoms with Crippen molar-refractivity contribution in [1.29, 1.82) is 0 Å². The summed E-state index contributed by atoms with van der Waals surface area (Å²) in [5.74, 6) is -0.888. The Morgan fingerprint density at radius 3 is 1.05 bits per heavy atom. The van der Waals surface area contributed by atoms with Crippen LogP contribution in [0.25, 0.3) is 0 Å². The molecule has 58 heavy (non-hydrogen) atoms. The highest BCUT2D eigenvalue weighted by atomic mass is 16.6. The second kappa shape index (κ2) is 47.3. The Labute approximate surface area is 359 Å². The van der Waals surface area contributed by atoms with E-state index in [0.717, 1.165) is 83.5 Å². The first-order chi connectivity index (χ1) is 28.5. The summed E-state index contributed by atoms with van der Waals surface area (Å²) in [6.45, 7) is 6.55. The minimum atomic E-state index is -0.773. The van der Waals surface area contributed by atoms with Crippen molar-refractivity contribution in [2.45, 2.75) is 264 Å². The van der Waals surface area contributed by atoms with Gasteiger partial charge in [0.15, 0.2) is 6.10 Å². The maximum Gasteiger partial charge on any atom is 0.306 e. The molecule has 0 saturated carbocycles. The molecule has 0 fully saturated rings. The summed E-state index contributed by atoms with van der Waals surface area (Å²) in [6, 6.07) is 0. The fourth-order valence-corrected chi connectivity index (χ4v) is 7.06. The smallest absolute Gasteiger partial charge is 0.306 e. The molecular weight excluding hydrogens is 721 g/mol. The normalized spacial score (nSPS) is 12.3. The standard InChI is InChI=1S/C52H94O6/c1-4-7-10-13-16-19-22-24-25-26-27-28-29-31-33-36-39-42-45-51(54)57-48-49(47-56-50(53)44-41-38-35-32-21-18-15-12-9-6-3)58-52(55)46-43-40-37-34-30-23-20-17-14-11-8-5-2/h12,15,19,22,25-26,49H,4-11,13-14,16-18,20-21,23-24,27-48H2,1-3H3/b15-12-,22-19-,26-25-. The third-order valence-electron chi connectivity index (χ3n) is 10.8. The van der Waals surface area contributed by atoms with Gasteiger partial charge in [-0.1, -0.05) is 205 Å². The third-order valence-corrected chi connectivity index (χ3v) is 10.8. The van der Waals surface area contributed by atoms with Gasteiger partial charge in [-0.2, -0.15) is 0 Å². The van der Waals surface area contributed by atoms with Gasteiger partial charge in [0.1, 0.15) is 13.2 Å². The van der Waals surface area contributed by atoms with Crippen molar-refractivity contribution in [2.24, 2.45) is 0 Å². The summed E-state index contributed by atoms with van der Waals surface area (Å²) in [7, 11) is 0. The Bertz CT molecular complexity index is 984. The first-order valence-electron chi connectivity index (χ1n) is 25.0. The number of carbonyl (C=O) groups excluding carboxylic acids is 3. The Kier molecular flexibility index (Phi) is 45.4. The van der Waals surface area contributed by atoms with Crippen LogP contribution in [0.1, 0.15) is 258 Å². The fourth-order valence-electron chi connectivity index (χ4n) is 7.06. The van der Waals surface area contributed by atoms with Gasteiger partial charge >= 0.3 is 17.9 Å². The number of carbonyl (C=O) groups is 3. The molecule has 0 saturated heterocycles. The van der Waals surface area contributed by atoms with E-state index in [1.54, 1.807) is 0 Å². The lowest BCUT2D eigenvalue weighted by molar-refractivity contribution is -0.167. The van der Waals surface area contributed by atoms with Gasteiger partial charge in [0.25, 0.3) is 0 Å². The van der Waals surface area contributed by atoms with Crippen molar-refractivity contribution in [2.75, 3.05) is 13.2 Å². The van der Waals surface area contributed by atoms with Gasteiger partial charge in [-0.15, -0.1) is 0 Å². The van der Waals surface area contributed by atoms with E-state index in [0.29, 0.717) is 19.3 Å². The van der Waals surface area contributed by atoms with Crippen molar-refractivity contribution in [3.63, 3.8) is 0 Å². The molecule has 0 aromatic rings. The predicted molar refractivity (Wildman–Crippen MR) is 247 cm³/mol. The second-order valence-corrected chi connectivity index (χ2v) is 16.7. The zero-order valence-corrected chi connectivity index (χ0v) is 38.6. The summed E-state index contributed by atoms with van der Waals surface area (Å²) in [5.41, 5.74) is 0. The molecule has 0 amide bonds. The van der Waals surface area contributed by atoms with Gasteiger partial charge in [0.05, 0.1) is 0 Å². The van der Waals surface area contributed by atoms with Crippen molar-refractivity contribution in [1.82, 2.24) is 0 Å². The molecule has 1 unspecified atom stereocenters. The molecule has 0 N–H and O–H groups in total. The van der Waals surface area contributed by atoms with E-state index in [9.17, 15) is 14.4 Å². The molecule has 0 spiro atoms. The number of allylic oxidation sites excluding steroid dienone is 6. The Morgan fingerprint density at radius 1 is 0.345 bits per heavy atom. The molecule has 0 heterocycles. The molecule has 0 aliphatic carbocycles. The van der Waals surface area contributed by atoms with E-state index < -0.39 is 6.10 Å². The second-order valence-electron chi connectivity index (χ2n) is 16.7. The Morgan fingerprint density at radius 2 is 0.655 bits per heavy atom.